The minimum Gasteiger partial charge on any atom is -0.343 e. The van der Waals surface area contributed by atoms with Crippen molar-refractivity contribution in [3.05, 3.63) is 20.8 Å². The molecule has 3 rings (SSSR count). The van der Waals surface area contributed by atoms with Gasteiger partial charge in [0, 0.05) is 46.3 Å². The number of nitrogens with one attached hydrogen (secondary N) is 1. The van der Waals surface area contributed by atoms with E-state index in [0.29, 0.717) is 30.5 Å². The molecule has 1 amide bonds. The Balaban J connectivity index is 0.00000161. The van der Waals surface area contributed by atoms with E-state index < -0.39 is 0 Å². The molecule has 1 aromatic rings. The SMILES string of the molecule is CN(C(=O)CCc1cc(Br)cs1)C1CC2CCC(C1)N2.Cl. The maximum Gasteiger partial charge on any atom is 0.222 e. The van der Waals surface area contributed by atoms with Gasteiger partial charge < -0.3 is 10.2 Å². The lowest BCUT2D eigenvalue weighted by Gasteiger charge is -2.35. The summed E-state index contributed by atoms with van der Waals surface area (Å²) < 4.78 is 1.12. The van der Waals surface area contributed by atoms with Gasteiger partial charge in [-0.1, -0.05) is 0 Å². The van der Waals surface area contributed by atoms with E-state index in [1.54, 1.807) is 11.3 Å². The molecule has 0 saturated carbocycles. The van der Waals surface area contributed by atoms with Gasteiger partial charge in [-0.25, -0.2) is 0 Å². The van der Waals surface area contributed by atoms with Crippen molar-refractivity contribution in [3.63, 3.8) is 0 Å². The van der Waals surface area contributed by atoms with Gasteiger partial charge in [-0.05, 0) is 54.1 Å². The summed E-state index contributed by atoms with van der Waals surface area (Å²) in [5, 5.41) is 5.71. The van der Waals surface area contributed by atoms with Crippen molar-refractivity contribution >= 4 is 45.6 Å². The van der Waals surface area contributed by atoms with Crippen molar-refractivity contribution < 1.29 is 4.79 Å². The van der Waals surface area contributed by atoms with E-state index in [0.717, 1.165) is 23.7 Å². The number of carbonyl (C=O) groups excluding carboxylic acids is 1. The quantitative estimate of drug-likeness (QED) is 0.847. The molecule has 2 fully saturated rings. The van der Waals surface area contributed by atoms with Crippen molar-refractivity contribution in [1.29, 1.82) is 0 Å². The Morgan fingerprint density at radius 3 is 2.67 bits per heavy atom. The van der Waals surface area contributed by atoms with Crippen LogP contribution < -0.4 is 5.32 Å². The van der Waals surface area contributed by atoms with Gasteiger partial charge in [0.05, 0.1) is 0 Å². The fraction of sp³-hybridized carbons (Fsp3) is 0.667. The van der Waals surface area contributed by atoms with Crippen LogP contribution in [0.3, 0.4) is 0 Å². The number of thiophene rings is 1. The lowest BCUT2D eigenvalue weighted by Crippen LogP contribution is -2.48. The summed E-state index contributed by atoms with van der Waals surface area (Å²) in [4.78, 5) is 15.6. The summed E-state index contributed by atoms with van der Waals surface area (Å²) in [6, 6.07) is 3.84. The number of fused-ring (bicyclic) bond motifs is 2. The monoisotopic (exact) mass is 392 g/mol. The predicted octanol–water partition coefficient (Wildman–Crippen LogP) is 3.61. The smallest absolute Gasteiger partial charge is 0.222 e. The molecule has 3 nitrogen and oxygen atoms in total. The second-order valence-electron chi connectivity index (χ2n) is 6.00. The molecule has 6 heteroatoms. The highest BCUT2D eigenvalue weighted by molar-refractivity contribution is 9.10. The third kappa shape index (κ3) is 4.21. The maximum atomic E-state index is 12.4. The molecule has 118 valence electrons. The third-order valence-corrected chi connectivity index (χ3v) is 6.35. The molecule has 2 aliphatic rings. The summed E-state index contributed by atoms with van der Waals surface area (Å²) in [6.45, 7) is 0. The first-order chi connectivity index (χ1) is 9.61. The van der Waals surface area contributed by atoms with Crippen molar-refractivity contribution in [2.45, 2.75) is 56.7 Å². The topological polar surface area (TPSA) is 32.3 Å². The molecule has 3 heterocycles. The molecule has 2 aliphatic heterocycles. The Kier molecular flexibility index (Phi) is 6.12. The molecule has 1 aromatic heterocycles. The molecule has 21 heavy (non-hydrogen) atoms. The first-order valence-corrected chi connectivity index (χ1v) is 9.03. The van der Waals surface area contributed by atoms with E-state index in [2.05, 4.69) is 32.7 Å². The van der Waals surface area contributed by atoms with Crippen molar-refractivity contribution in [1.82, 2.24) is 10.2 Å². The highest BCUT2D eigenvalue weighted by Gasteiger charge is 2.36. The molecule has 0 radical (unpaired) electrons. The molecular formula is C15H22BrClN2OS. The van der Waals surface area contributed by atoms with Crippen LogP contribution in [-0.4, -0.2) is 36.0 Å². The van der Waals surface area contributed by atoms with Crippen molar-refractivity contribution in [3.8, 4) is 0 Å². The largest absolute Gasteiger partial charge is 0.343 e. The first kappa shape index (κ1) is 17.3. The Morgan fingerprint density at radius 1 is 1.43 bits per heavy atom. The van der Waals surface area contributed by atoms with E-state index in [1.807, 2.05) is 11.9 Å². The van der Waals surface area contributed by atoms with E-state index >= 15 is 0 Å². The minimum atomic E-state index is 0. The molecule has 0 spiro atoms. The molecule has 2 saturated heterocycles. The van der Waals surface area contributed by atoms with Gasteiger partial charge in [-0.2, -0.15) is 0 Å². The maximum absolute atomic E-state index is 12.4. The number of hydrogen-bond donors (Lipinski definition) is 1. The van der Waals surface area contributed by atoms with E-state index in [4.69, 9.17) is 0 Å². The van der Waals surface area contributed by atoms with Crippen LogP contribution >= 0.6 is 39.7 Å². The van der Waals surface area contributed by atoms with E-state index in [-0.39, 0.29) is 12.4 Å². The highest BCUT2D eigenvalue weighted by atomic mass is 79.9. The summed E-state index contributed by atoms with van der Waals surface area (Å²) in [5.74, 6) is 0.292. The second kappa shape index (κ2) is 7.44. The van der Waals surface area contributed by atoms with Crippen LogP contribution in [0.25, 0.3) is 0 Å². The van der Waals surface area contributed by atoms with Crippen LogP contribution in [0.15, 0.2) is 15.9 Å². The van der Waals surface area contributed by atoms with Gasteiger partial charge >= 0.3 is 0 Å². The number of piperidine rings is 1. The van der Waals surface area contributed by atoms with Crippen LogP contribution in [0.4, 0.5) is 0 Å². The zero-order chi connectivity index (χ0) is 14.1. The van der Waals surface area contributed by atoms with E-state index in [1.165, 1.54) is 17.7 Å². The average Bonchev–Trinajstić information content (AvgIpc) is 3.01. The number of aryl methyl sites for hydroxylation is 1. The van der Waals surface area contributed by atoms with Gasteiger partial charge in [0.2, 0.25) is 5.91 Å². The molecule has 0 aliphatic carbocycles. The standard InChI is InChI=1S/C15H21BrN2OS.ClH/c1-18(13-7-11-2-3-12(8-13)17-11)15(19)5-4-14-6-10(16)9-20-14;/h6,9,11-13,17H,2-5,7-8H2,1H3;1H. The second-order valence-corrected chi connectivity index (χ2v) is 7.91. The Bertz CT molecular complexity index is 484. The van der Waals surface area contributed by atoms with E-state index in [9.17, 15) is 4.79 Å². The van der Waals surface area contributed by atoms with Crippen molar-refractivity contribution in [2.24, 2.45) is 0 Å². The average molecular weight is 394 g/mol. The van der Waals surface area contributed by atoms with Gasteiger partial charge in [0.15, 0.2) is 0 Å². The minimum absolute atomic E-state index is 0. The number of amides is 1. The van der Waals surface area contributed by atoms with Crippen LogP contribution in [0.2, 0.25) is 0 Å². The fourth-order valence-electron chi connectivity index (χ4n) is 3.44. The number of carbonyl (C=O) groups is 1. The molecular weight excluding hydrogens is 372 g/mol. The lowest BCUT2D eigenvalue weighted by molar-refractivity contribution is -0.132. The summed E-state index contributed by atoms with van der Waals surface area (Å²) in [6.07, 6.45) is 6.31. The van der Waals surface area contributed by atoms with Gasteiger partial charge in [-0.15, -0.1) is 23.7 Å². The van der Waals surface area contributed by atoms with Gasteiger partial charge in [-0.3, -0.25) is 4.79 Å². The molecule has 2 unspecified atom stereocenters. The number of halogens is 2. The molecule has 0 aromatic carbocycles. The predicted molar refractivity (Wildman–Crippen MR) is 93.3 cm³/mol. The number of rotatable bonds is 4. The highest BCUT2D eigenvalue weighted by Crippen LogP contribution is 2.29. The van der Waals surface area contributed by atoms with Crippen molar-refractivity contribution in [2.75, 3.05) is 7.05 Å². The van der Waals surface area contributed by atoms with Gasteiger partial charge in [0.25, 0.3) is 0 Å². The third-order valence-electron chi connectivity index (χ3n) is 4.60. The number of nitrogens with zero attached hydrogens (tertiary/aromatic N) is 1. The zero-order valence-corrected chi connectivity index (χ0v) is 15.4. The molecule has 2 bridgehead atoms. The van der Waals surface area contributed by atoms with Crippen LogP contribution in [0.1, 0.15) is 37.0 Å². The molecule has 2 atom stereocenters. The lowest BCUT2D eigenvalue weighted by atomic mass is 9.98. The van der Waals surface area contributed by atoms with Crippen LogP contribution in [-0.2, 0) is 11.2 Å². The van der Waals surface area contributed by atoms with Gasteiger partial charge in [0.1, 0.15) is 0 Å². The Labute approximate surface area is 145 Å². The fourth-order valence-corrected chi connectivity index (χ4v) is 4.89. The zero-order valence-electron chi connectivity index (χ0n) is 12.2. The van der Waals surface area contributed by atoms with Crippen LogP contribution in [0, 0.1) is 0 Å². The first-order valence-electron chi connectivity index (χ1n) is 7.36. The summed E-state index contributed by atoms with van der Waals surface area (Å²) >= 11 is 5.18. The van der Waals surface area contributed by atoms with Crippen LogP contribution in [0.5, 0.6) is 0 Å². The Morgan fingerprint density at radius 2 is 2.10 bits per heavy atom. The normalized spacial score (nSPS) is 27.2. The summed E-state index contributed by atoms with van der Waals surface area (Å²) in [7, 11) is 1.99. The Hall–Kier alpha value is -0.100. The molecule has 1 N–H and O–H groups in total. The summed E-state index contributed by atoms with van der Waals surface area (Å²) in [5.41, 5.74) is 0. The number of hydrogen-bond acceptors (Lipinski definition) is 3.